The van der Waals surface area contributed by atoms with Gasteiger partial charge < -0.3 is 9.42 Å². The number of thiophene rings is 1. The highest BCUT2D eigenvalue weighted by Gasteiger charge is 2.37. The minimum Gasteiger partial charge on any atom is -0.351 e. The summed E-state index contributed by atoms with van der Waals surface area (Å²) in [5, 5.41) is 3.42. The molecule has 0 aromatic carbocycles. The van der Waals surface area contributed by atoms with Crippen LogP contribution in [0.1, 0.15) is 37.9 Å². The quantitative estimate of drug-likeness (QED) is 0.704. The van der Waals surface area contributed by atoms with Gasteiger partial charge in [0.1, 0.15) is 9.90 Å². The molecule has 0 atom stereocenters. The largest absolute Gasteiger partial charge is 0.452 e. The number of sulfonamides is 1. The molecule has 0 radical (unpaired) electrons. The Bertz CT molecular complexity index is 941. The normalized spacial score (nSPS) is 20.9. The number of hydrogen-bond donors (Lipinski definition) is 0. The zero-order valence-corrected chi connectivity index (χ0v) is 17.3. The lowest BCUT2D eigenvalue weighted by molar-refractivity contribution is -0.155. The summed E-state index contributed by atoms with van der Waals surface area (Å²) >= 11 is 0.910. The van der Waals surface area contributed by atoms with Gasteiger partial charge in [-0.25, -0.2) is 8.42 Å². The Kier molecular flexibility index (Phi) is 5.75. The summed E-state index contributed by atoms with van der Waals surface area (Å²) in [6.45, 7) is 3.09. The molecule has 0 N–H and O–H groups in total. The molecule has 2 fully saturated rings. The van der Waals surface area contributed by atoms with Gasteiger partial charge in [0.15, 0.2) is 0 Å². The Morgan fingerprint density at radius 2 is 1.76 bits per heavy atom. The van der Waals surface area contributed by atoms with Gasteiger partial charge >= 0.3 is 6.18 Å². The highest BCUT2D eigenvalue weighted by atomic mass is 32.2. The van der Waals surface area contributed by atoms with Crippen LogP contribution in [0.5, 0.6) is 0 Å². The van der Waals surface area contributed by atoms with Crippen molar-refractivity contribution in [2.24, 2.45) is 0 Å². The Morgan fingerprint density at radius 1 is 1.07 bits per heavy atom. The van der Waals surface area contributed by atoms with Crippen molar-refractivity contribution in [3.05, 3.63) is 24.0 Å². The van der Waals surface area contributed by atoms with Crippen LogP contribution in [0.4, 0.5) is 13.2 Å². The summed E-state index contributed by atoms with van der Waals surface area (Å²) in [7, 11) is -3.67. The molecule has 160 valence electrons. The van der Waals surface area contributed by atoms with Crippen molar-refractivity contribution >= 4 is 21.4 Å². The number of piperidine rings is 2. The number of aromatic nitrogens is 1. The lowest BCUT2D eigenvalue weighted by Gasteiger charge is -2.39. The molecular formula is C18H22F3N3O3S2. The van der Waals surface area contributed by atoms with E-state index in [-0.39, 0.29) is 9.90 Å². The van der Waals surface area contributed by atoms with E-state index < -0.39 is 22.0 Å². The first-order valence-corrected chi connectivity index (χ1v) is 11.9. The fourth-order valence-electron chi connectivity index (χ4n) is 3.98. The molecule has 2 aromatic rings. The molecule has 11 heteroatoms. The van der Waals surface area contributed by atoms with Gasteiger partial charge in [-0.2, -0.15) is 17.5 Å². The van der Waals surface area contributed by atoms with E-state index in [1.807, 2.05) is 0 Å². The fourth-order valence-corrected chi connectivity index (χ4v) is 6.86. The smallest absolute Gasteiger partial charge is 0.351 e. The molecule has 0 aliphatic carbocycles. The molecule has 6 nitrogen and oxygen atoms in total. The maximum Gasteiger partial charge on any atom is 0.452 e. The molecular weight excluding hydrogens is 427 g/mol. The number of hydrogen-bond acceptors (Lipinski definition) is 6. The van der Waals surface area contributed by atoms with Crippen LogP contribution in [0.25, 0.3) is 10.6 Å². The Hall–Kier alpha value is -1.43. The SMILES string of the molecule is O=S(=O)(c1ccc(-c2cc(C(F)(F)F)on2)s1)N1CCC(N2CCCCC2)CC1. The van der Waals surface area contributed by atoms with Crippen molar-refractivity contribution in [3.8, 4) is 10.6 Å². The predicted octanol–water partition coefficient (Wildman–Crippen LogP) is 4.06. The summed E-state index contributed by atoms with van der Waals surface area (Å²) in [6.07, 6.45) is 0.644. The summed E-state index contributed by atoms with van der Waals surface area (Å²) in [4.78, 5) is 2.80. The van der Waals surface area contributed by atoms with Crippen LogP contribution in [0.3, 0.4) is 0 Å². The average Bonchev–Trinajstić information content (AvgIpc) is 3.38. The number of nitrogens with zero attached hydrogens (tertiary/aromatic N) is 3. The molecule has 0 amide bonds. The minimum absolute atomic E-state index is 0.0208. The number of likely N-dealkylation sites (tertiary alicyclic amines) is 1. The molecule has 2 saturated heterocycles. The zero-order valence-electron chi connectivity index (χ0n) is 15.7. The van der Waals surface area contributed by atoms with E-state index in [1.54, 1.807) is 0 Å². The first-order valence-electron chi connectivity index (χ1n) is 9.63. The lowest BCUT2D eigenvalue weighted by atomic mass is 10.0. The molecule has 29 heavy (non-hydrogen) atoms. The van der Waals surface area contributed by atoms with Crippen molar-refractivity contribution in [2.45, 2.75) is 48.5 Å². The third kappa shape index (κ3) is 4.37. The second kappa shape index (κ2) is 8.01. The number of rotatable bonds is 4. The van der Waals surface area contributed by atoms with Crippen LogP contribution in [-0.4, -0.2) is 55.0 Å². The molecule has 0 saturated carbocycles. The molecule has 0 bridgehead atoms. The van der Waals surface area contributed by atoms with Gasteiger partial charge in [-0.05, 0) is 50.9 Å². The highest BCUT2D eigenvalue weighted by Crippen LogP contribution is 2.36. The van der Waals surface area contributed by atoms with E-state index in [0.29, 0.717) is 24.0 Å². The first-order chi connectivity index (χ1) is 13.7. The molecule has 2 aliphatic rings. The molecule has 0 unspecified atom stereocenters. The van der Waals surface area contributed by atoms with Crippen molar-refractivity contribution in [1.29, 1.82) is 0 Å². The van der Waals surface area contributed by atoms with Crippen molar-refractivity contribution < 1.29 is 26.1 Å². The molecule has 2 aromatic heterocycles. The second-order valence-electron chi connectivity index (χ2n) is 7.42. The Balaban J connectivity index is 1.44. The van der Waals surface area contributed by atoms with E-state index in [2.05, 4.69) is 14.6 Å². The average molecular weight is 450 g/mol. The zero-order chi connectivity index (χ0) is 20.6. The monoisotopic (exact) mass is 449 g/mol. The number of halogens is 3. The lowest BCUT2D eigenvalue weighted by Crippen LogP contribution is -2.48. The van der Waals surface area contributed by atoms with E-state index in [1.165, 1.54) is 35.7 Å². The van der Waals surface area contributed by atoms with Gasteiger partial charge in [-0.15, -0.1) is 11.3 Å². The topological polar surface area (TPSA) is 66.7 Å². The third-order valence-electron chi connectivity index (χ3n) is 5.55. The van der Waals surface area contributed by atoms with E-state index in [9.17, 15) is 21.6 Å². The van der Waals surface area contributed by atoms with E-state index >= 15 is 0 Å². The maximum absolute atomic E-state index is 13.0. The van der Waals surface area contributed by atoms with Crippen LogP contribution in [0.15, 0.2) is 26.9 Å². The van der Waals surface area contributed by atoms with Crippen LogP contribution in [0.2, 0.25) is 0 Å². The van der Waals surface area contributed by atoms with Gasteiger partial charge in [-0.1, -0.05) is 11.6 Å². The van der Waals surface area contributed by atoms with E-state index in [0.717, 1.165) is 43.3 Å². The summed E-state index contributed by atoms with van der Waals surface area (Å²) in [5.41, 5.74) is -0.0208. The van der Waals surface area contributed by atoms with Gasteiger partial charge in [0, 0.05) is 25.2 Å². The molecule has 4 heterocycles. The Morgan fingerprint density at radius 3 is 2.38 bits per heavy atom. The highest BCUT2D eigenvalue weighted by molar-refractivity contribution is 7.91. The minimum atomic E-state index is -4.63. The van der Waals surface area contributed by atoms with Gasteiger partial charge in [0.25, 0.3) is 10.0 Å². The summed E-state index contributed by atoms with van der Waals surface area (Å²) < 4.78 is 69.9. The molecule has 2 aliphatic heterocycles. The second-order valence-corrected chi connectivity index (χ2v) is 10.7. The van der Waals surface area contributed by atoms with Crippen molar-refractivity contribution in [1.82, 2.24) is 14.4 Å². The fraction of sp³-hybridized carbons (Fsp3) is 0.611. The van der Waals surface area contributed by atoms with Crippen LogP contribution in [-0.2, 0) is 16.2 Å². The van der Waals surface area contributed by atoms with Gasteiger partial charge in [-0.3, -0.25) is 0 Å². The Labute approximate surface area is 171 Å². The molecule has 0 spiro atoms. The summed E-state index contributed by atoms with van der Waals surface area (Å²) in [6, 6.07) is 4.10. The van der Waals surface area contributed by atoms with Gasteiger partial charge in [0.2, 0.25) is 5.76 Å². The molecule has 4 rings (SSSR count). The standard InChI is InChI=1S/C18H22F3N3O3S2/c19-18(20,21)16-12-14(22-27-16)15-4-5-17(28-15)29(25,26)24-10-6-13(7-11-24)23-8-2-1-3-9-23/h4-5,12-13H,1-3,6-11H2. The van der Waals surface area contributed by atoms with Crippen molar-refractivity contribution in [3.63, 3.8) is 0 Å². The summed E-state index contributed by atoms with van der Waals surface area (Å²) in [5.74, 6) is -1.20. The van der Waals surface area contributed by atoms with Crippen LogP contribution >= 0.6 is 11.3 Å². The first kappa shape index (κ1) is 20.8. The van der Waals surface area contributed by atoms with Crippen molar-refractivity contribution in [2.75, 3.05) is 26.2 Å². The maximum atomic E-state index is 13.0. The predicted molar refractivity (Wildman–Crippen MR) is 102 cm³/mol. The van der Waals surface area contributed by atoms with Crippen LogP contribution in [0, 0.1) is 0 Å². The third-order valence-corrected chi connectivity index (χ3v) is 9.02. The van der Waals surface area contributed by atoms with Crippen LogP contribution < -0.4 is 0 Å². The number of alkyl halides is 3. The van der Waals surface area contributed by atoms with E-state index in [4.69, 9.17) is 0 Å². The van der Waals surface area contributed by atoms with Gasteiger partial charge in [0.05, 0.1) is 4.88 Å².